The van der Waals surface area contributed by atoms with E-state index in [2.05, 4.69) is 0 Å². The van der Waals surface area contributed by atoms with Gasteiger partial charge in [0.1, 0.15) is 58.2 Å². The number of hydrogen-bond acceptors (Lipinski definition) is 15. The summed E-state index contributed by atoms with van der Waals surface area (Å²) in [6.07, 6.45) is -11.3. The Morgan fingerprint density at radius 3 is 2.43 bits per heavy atom. The van der Waals surface area contributed by atoms with Crippen molar-refractivity contribution < 1.29 is 69.0 Å². The Morgan fingerprint density at radius 1 is 1.00 bits per heavy atom. The second-order valence-corrected chi connectivity index (χ2v) is 9.99. The summed E-state index contributed by atoms with van der Waals surface area (Å²) in [7, 11) is 1.35. The van der Waals surface area contributed by atoms with E-state index in [1.54, 1.807) is 0 Å². The number of aliphatic hydroxyl groups excluding tert-OH is 5. The Labute approximate surface area is 236 Å². The maximum absolute atomic E-state index is 12.9. The maximum atomic E-state index is 12.9. The number of aromatic hydroxyl groups is 2. The number of benzene rings is 2. The number of ether oxygens (including phenoxy) is 5. The van der Waals surface area contributed by atoms with Crippen molar-refractivity contribution in [3.05, 3.63) is 46.6 Å². The van der Waals surface area contributed by atoms with Crippen LogP contribution < -0.4 is 14.9 Å². The third-order valence-electron chi connectivity index (χ3n) is 7.20. The zero-order chi connectivity index (χ0) is 30.3. The molecular formula is C27H30O15. The van der Waals surface area contributed by atoms with Crippen molar-refractivity contribution in [3.8, 4) is 34.3 Å². The van der Waals surface area contributed by atoms with Gasteiger partial charge in [-0.3, -0.25) is 4.79 Å². The summed E-state index contributed by atoms with van der Waals surface area (Å²) >= 11 is 0. The fraction of sp³-hybridized carbons (Fsp3) is 0.444. The van der Waals surface area contributed by atoms with Gasteiger partial charge in [0.05, 0.1) is 26.9 Å². The van der Waals surface area contributed by atoms with Crippen LogP contribution in [0.25, 0.3) is 22.3 Å². The molecule has 0 radical (unpaired) electrons. The summed E-state index contributed by atoms with van der Waals surface area (Å²) < 4.78 is 33.2. The second kappa shape index (κ2) is 11.6. The molecule has 0 aliphatic carbocycles. The molecular weight excluding hydrogens is 564 g/mol. The molecule has 8 N–H and O–H groups in total. The second-order valence-electron chi connectivity index (χ2n) is 9.99. The number of methoxy groups -OCH3 is 1. The predicted molar refractivity (Wildman–Crippen MR) is 139 cm³/mol. The summed E-state index contributed by atoms with van der Waals surface area (Å²) in [5.41, 5.74) is -2.39. The van der Waals surface area contributed by atoms with E-state index in [1.807, 2.05) is 0 Å². The first-order chi connectivity index (χ1) is 20.0. The standard InChI is InChI=1S/C27H30O15/c1-37-17-4-11(2-3-13(17)30)16-7-15(32)20-14(31)5-12(6-18(20)40-16)39-25-23(22(34)21(33)19(8-28)41-25)42-26-24(35)27(36,9-29)10-38-26/h2-7,19,21-26,28-31,33-36H,8-10H2,1H3/t19-,21-,22-,23-,24+,25-,26+,27?/m1/s1. The molecule has 2 aliphatic rings. The Kier molecular flexibility index (Phi) is 8.30. The van der Waals surface area contributed by atoms with Gasteiger partial charge in [-0.25, -0.2) is 0 Å². The summed E-state index contributed by atoms with van der Waals surface area (Å²) in [5, 5.41) is 81.3. The Bertz CT molecular complexity index is 1490. The molecule has 5 rings (SSSR count). The molecule has 3 aromatic rings. The van der Waals surface area contributed by atoms with Crippen molar-refractivity contribution in [2.24, 2.45) is 0 Å². The molecule has 2 fully saturated rings. The van der Waals surface area contributed by atoms with Crippen molar-refractivity contribution in [2.45, 2.75) is 48.7 Å². The summed E-state index contributed by atoms with van der Waals surface area (Å²) in [6.45, 7) is -2.08. The average molecular weight is 595 g/mol. The number of hydrogen-bond donors (Lipinski definition) is 8. The van der Waals surface area contributed by atoms with Crippen LogP contribution >= 0.6 is 0 Å². The SMILES string of the molecule is COc1cc(-c2cc(=O)c3c(O)cc(O[C@@H]4O[C@H](CO)[C@@H](O)[C@@H](O)[C@H]4O[C@@H]4OCC(O)(CO)[C@H]4O)cc3o2)ccc1O. The van der Waals surface area contributed by atoms with E-state index in [0.717, 1.165) is 12.1 Å². The molecule has 3 heterocycles. The number of rotatable bonds is 8. The zero-order valence-electron chi connectivity index (χ0n) is 22.1. The minimum absolute atomic E-state index is 0.0695. The first-order valence-corrected chi connectivity index (χ1v) is 12.8. The highest BCUT2D eigenvalue weighted by Crippen LogP contribution is 2.36. The molecule has 0 bridgehead atoms. The van der Waals surface area contributed by atoms with Gasteiger partial charge in [-0.1, -0.05) is 0 Å². The minimum Gasteiger partial charge on any atom is -0.507 e. The molecule has 1 unspecified atom stereocenters. The number of fused-ring (bicyclic) bond motifs is 1. The third kappa shape index (κ3) is 5.37. The molecule has 2 aliphatic heterocycles. The highest BCUT2D eigenvalue weighted by atomic mass is 16.8. The molecule has 2 aromatic carbocycles. The lowest BCUT2D eigenvalue weighted by atomic mass is 9.98. The van der Waals surface area contributed by atoms with Crippen molar-refractivity contribution in [1.29, 1.82) is 0 Å². The van der Waals surface area contributed by atoms with Gasteiger partial charge in [0, 0.05) is 23.8 Å². The van der Waals surface area contributed by atoms with Crippen LogP contribution in [0.5, 0.6) is 23.0 Å². The van der Waals surface area contributed by atoms with Crippen molar-refractivity contribution >= 4 is 11.0 Å². The number of aliphatic hydroxyl groups is 6. The largest absolute Gasteiger partial charge is 0.507 e. The molecule has 0 saturated carbocycles. The molecule has 0 spiro atoms. The quantitative estimate of drug-likeness (QED) is 0.148. The third-order valence-corrected chi connectivity index (χ3v) is 7.20. The van der Waals surface area contributed by atoms with Crippen LogP contribution in [0, 0.1) is 0 Å². The maximum Gasteiger partial charge on any atom is 0.229 e. The molecule has 8 atom stereocenters. The van der Waals surface area contributed by atoms with Gasteiger partial charge in [-0.05, 0) is 18.2 Å². The normalized spacial score (nSPS) is 31.4. The lowest BCUT2D eigenvalue weighted by molar-refractivity contribution is -0.318. The van der Waals surface area contributed by atoms with Crippen LogP contribution in [0.3, 0.4) is 0 Å². The van der Waals surface area contributed by atoms with Gasteiger partial charge >= 0.3 is 0 Å². The lowest BCUT2D eigenvalue weighted by Gasteiger charge is -2.42. The van der Waals surface area contributed by atoms with Gasteiger partial charge in [0.15, 0.2) is 29.3 Å². The summed E-state index contributed by atoms with van der Waals surface area (Å²) in [4.78, 5) is 12.9. The fourth-order valence-corrected chi connectivity index (χ4v) is 4.78. The van der Waals surface area contributed by atoms with E-state index in [-0.39, 0.29) is 34.0 Å². The van der Waals surface area contributed by atoms with Crippen LogP contribution in [0.2, 0.25) is 0 Å². The van der Waals surface area contributed by atoms with E-state index in [0.29, 0.717) is 5.56 Å². The molecule has 15 heteroatoms. The lowest BCUT2D eigenvalue weighted by Crippen LogP contribution is -2.62. The van der Waals surface area contributed by atoms with Gasteiger partial charge in [0.25, 0.3) is 0 Å². The van der Waals surface area contributed by atoms with Gasteiger partial charge in [-0.2, -0.15) is 0 Å². The molecule has 0 amide bonds. The van der Waals surface area contributed by atoms with E-state index < -0.39 is 79.7 Å². The zero-order valence-corrected chi connectivity index (χ0v) is 22.1. The topological polar surface area (TPSA) is 238 Å². The van der Waals surface area contributed by atoms with Gasteiger partial charge in [-0.15, -0.1) is 0 Å². The number of phenolic OH excluding ortho intramolecular Hbond substituents is 2. The minimum atomic E-state index is -2.05. The van der Waals surface area contributed by atoms with E-state index in [4.69, 9.17) is 28.1 Å². The van der Waals surface area contributed by atoms with E-state index in [9.17, 15) is 45.6 Å². The Morgan fingerprint density at radius 2 is 1.76 bits per heavy atom. The Balaban J connectivity index is 1.48. The molecule has 42 heavy (non-hydrogen) atoms. The van der Waals surface area contributed by atoms with Gasteiger partial charge in [0.2, 0.25) is 6.29 Å². The van der Waals surface area contributed by atoms with Crippen molar-refractivity contribution in [1.82, 2.24) is 0 Å². The predicted octanol–water partition coefficient (Wildman–Crippen LogP) is -1.48. The van der Waals surface area contributed by atoms with Crippen LogP contribution in [0.1, 0.15) is 0 Å². The number of phenols is 2. The van der Waals surface area contributed by atoms with Crippen LogP contribution in [-0.2, 0) is 14.2 Å². The molecule has 1 aromatic heterocycles. The van der Waals surface area contributed by atoms with E-state index >= 15 is 0 Å². The first-order valence-electron chi connectivity index (χ1n) is 12.8. The molecule has 2 saturated heterocycles. The van der Waals surface area contributed by atoms with Crippen LogP contribution in [0.15, 0.2) is 45.6 Å². The monoisotopic (exact) mass is 594 g/mol. The van der Waals surface area contributed by atoms with Crippen LogP contribution in [0.4, 0.5) is 0 Å². The van der Waals surface area contributed by atoms with Crippen molar-refractivity contribution in [2.75, 3.05) is 26.9 Å². The molecule has 228 valence electrons. The fourth-order valence-electron chi connectivity index (χ4n) is 4.78. The van der Waals surface area contributed by atoms with Crippen LogP contribution in [-0.4, -0.2) is 116 Å². The van der Waals surface area contributed by atoms with E-state index in [1.165, 1.54) is 31.4 Å². The highest BCUT2D eigenvalue weighted by Gasteiger charge is 2.53. The first kappa shape index (κ1) is 30.0. The van der Waals surface area contributed by atoms with Gasteiger partial charge < -0.3 is 69.0 Å². The average Bonchev–Trinajstić information content (AvgIpc) is 3.25. The Hall–Kier alpha value is -3.51. The smallest absolute Gasteiger partial charge is 0.229 e. The molecule has 15 nitrogen and oxygen atoms in total. The summed E-state index contributed by atoms with van der Waals surface area (Å²) in [5.74, 6) is -0.612. The summed E-state index contributed by atoms with van der Waals surface area (Å²) in [6, 6.07) is 7.73. The highest BCUT2D eigenvalue weighted by molar-refractivity contribution is 5.86. The van der Waals surface area contributed by atoms with Crippen molar-refractivity contribution in [3.63, 3.8) is 0 Å².